The number of halogens is 2. The summed E-state index contributed by atoms with van der Waals surface area (Å²) in [4.78, 5) is 8.74. The summed E-state index contributed by atoms with van der Waals surface area (Å²) in [5.41, 5.74) is 1.54. The van der Waals surface area contributed by atoms with Crippen LogP contribution < -0.4 is 10.1 Å². The smallest absolute Gasteiger partial charge is 0.223 e. The van der Waals surface area contributed by atoms with Gasteiger partial charge in [0.15, 0.2) is 11.6 Å². The maximum atomic E-state index is 14.8. The SMILES string of the molecule is CC(C)[C@@]1(C)COc2c(F)cc(-c3nc(N[C@@H]4CCOC[C@H]4O)ncc3Cl)cc21. The van der Waals surface area contributed by atoms with Gasteiger partial charge < -0.3 is 19.9 Å². The summed E-state index contributed by atoms with van der Waals surface area (Å²) in [7, 11) is 0. The lowest BCUT2D eigenvalue weighted by Gasteiger charge is -2.28. The molecule has 0 spiro atoms. The van der Waals surface area contributed by atoms with Gasteiger partial charge in [-0.25, -0.2) is 14.4 Å². The lowest BCUT2D eigenvalue weighted by Crippen LogP contribution is -2.42. The minimum atomic E-state index is -0.646. The average Bonchev–Trinajstić information content (AvgIpc) is 3.04. The molecule has 3 atom stereocenters. The van der Waals surface area contributed by atoms with Gasteiger partial charge in [0.1, 0.15) is 0 Å². The molecule has 0 unspecified atom stereocenters. The zero-order valence-electron chi connectivity index (χ0n) is 16.7. The number of aliphatic hydroxyl groups is 1. The minimum absolute atomic E-state index is 0.216. The van der Waals surface area contributed by atoms with Gasteiger partial charge in [-0.1, -0.05) is 32.4 Å². The molecule has 2 aliphatic rings. The van der Waals surface area contributed by atoms with E-state index in [1.165, 1.54) is 12.3 Å². The van der Waals surface area contributed by atoms with E-state index in [1.54, 1.807) is 0 Å². The highest BCUT2D eigenvalue weighted by Crippen LogP contribution is 2.46. The van der Waals surface area contributed by atoms with Crippen LogP contribution in [-0.2, 0) is 10.2 Å². The molecular weight excluding hydrogens is 397 g/mol. The zero-order valence-corrected chi connectivity index (χ0v) is 17.5. The topological polar surface area (TPSA) is 76.5 Å². The van der Waals surface area contributed by atoms with Gasteiger partial charge >= 0.3 is 0 Å². The maximum absolute atomic E-state index is 14.8. The van der Waals surface area contributed by atoms with E-state index >= 15 is 0 Å². The summed E-state index contributed by atoms with van der Waals surface area (Å²) in [5.74, 6) is 0.482. The van der Waals surface area contributed by atoms with Gasteiger partial charge in [0.2, 0.25) is 5.95 Å². The van der Waals surface area contributed by atoms with Crippen LogP contribution in [0.25, 0.3) is 11.3 Å². The molecule has 0 radical (unpaired) electrons. The number of nitrogens with one attached hydrogen (secondary N) is 1. The van der Waals surface area contributed by atoms with Crippen molar-refractivity contribution in [2.45, 2.75) is 44.8 Å². The van der Waals surface area contributed by atoms with E-state index in [0.29, 0.717) is 47.6 Å². The fourth-order valence-corrected chi connectivity index (χ4v) is 3.97. The van der Waals surface area contributed by atoms with Crippen LogP contribution in [0.4, 0.5) is 10.3 Å². The van der Waals surface area contributed by atoms with Gasteiger partial charge in [-0.2, -0.15) is 0 Å². The maximum Gasteiger partial charge on any atom is 0.223 e. The van der Waals surface area contributed by atoms with Crippen molar-refractivity contribution in [3.63, 3.8) is 0 Å². The molecule has 1 aromatic carbocycles. The van der Waals surface area contributed by atoms with Crippen molar-refractivity contribution in [2.75, 3.05) is 25.1 Å². The molecule has 0 aliphatic carbocycles. The highest BCUT2D eigenvalue weighted by molar-refractivity contribution is 6.32. The molecular formula is C21H25ClFN3O3. The van der Waals surface area contributed by atoms with E-state index in [0.717, 1.165) is 5.56 Å². The lowest BCUT2D eigenvalue weighted by atomic mass is 9.74. The fraction of sp³-hybridized carbons (Fsp3) is 0.524. The first-order valence-electron chi connectivity index (χ1n) is 9.81. The van der Waals surface area contributed by atoms with E-state index in [-0.39, 0.29) is 24.0 Å². The Bertz CT molecular complexity index is 926. The number of hydrogen-bond acceptors (Lipinski definition) is 6. The van der Waals surface area contributed by atoms with Crippen LogP contribution in [0.3, 0.4) is 0 Å². The summed E-state index contributed by atoms with van der Waals surface area (Å²) in [6.07, 6.45) is 1.48. The molecule has 1 fully saturated rings. The van der Waals surface area contributed by atoms with E-state index in [4.69, 9.17) is 21.1 Å². The Labute approximate surface area is 174 Å². The highest BCUT2D eigenvalue weighted by Gasteiger charge is 2.41. The standard InChI is InChI=1S/C21H25ClFN3O3/c1-11(2)21(3)10-29-19-13(21)6-12(7-15(19)23)18-14(22)8-24-20(26-18)25-16-4-5-28-9-17(16)27/h6-8,11,16-17,27H,4-5,9-10H2,1-3H3,(H,24,25,26)/t16-,17-,21-/m1/s1. The third kappa shape index (κ3) is 3.67. The first-order valence-corrected chi connectivity index (χ1v) is 10.2. The lowest BCUT2D eigenvalue weighted by molar-refractivity contribution is -0.0136. The number of aliphatic hydroxyl groups excluding tert-OH is 1. The highest BCUT2D eigenvalue weighted by atomic mass is 35.5. The van der Waals surface area contributed by atoms with Crippen LogP contribution in [0.1, 0.15) is 32.8 Å². The van der Waals surface area contributed by atoms with Crippen molar-refractivity contribution in [1.82, 2.24) is 9.97 Å². The predicted octanol–water partition coefficient (Wildman–Crippen LogP) is 3.80. The molecule has 2 aliphatic heterocycles. The van der Waals surface area contributed by atoms with Gasteiger partial charge in [-0.15, -0.1) is 0 Å². The second-order valence-corrected chi connectivity index (χ2v) is 8.67. The van der Waals surface area contributed by atoms with Crippen LogP contribution in [0, 0.1) is 11.7 Å². The molecule has 6 nitrogen and oxygen atoms in total. The van der Waals surface area contributed by atoms with Crippen LogP contribution in [0.15, 0.2) is 18.3 Å². The molecule has 1 aromatic heterocycles. The Hall–Kier alpha value is -1.96. The Morgan fingerprint density at radius 1 is 1.38 bits per heavy atom. The molecule has 0 amide bonds. The molecule has 156 valence electrons. The monoisotopic (exact) mass is 421 g/mol. The van der Waals surface area contributed by atoms with Crippen molar-refractivity contribution in [2.24, 2.45) is 5.92 Å². The van der Waals surface area contributed by atoms with Crippen LogP contribution in [0.5, 0.6) is 5.75 Å². The Morgan fingerprint density at radius 2 is 2.17 bits per heavy atom. The van der Waals surface area contributed by atoms with Gasteiger partial charge in [0.05, 0.1) is 42.3 Å². The molecule has 2 N–H and O–H groups in total. The van der Waals surface area contributed by atoms with Crippen molar-refractivity contribution in [3.8, 4) is 17.0 Å². The second kappa shape index (κ2) is 7.70. The summed E-state index contributed by atoms with van der Waals surface area (Å²) < 4.78 is 25.7. The van der Waals surface area contributed by atoms with E-state index in [2.05, 4.69) is 36.1 Å². The van der Waals surface area contributed by atoms with Crippen molar-refractivity contribution in [1.29, 1.82) is 0 Å². The molecule has 0 bridgehead atoms. The summed E-state index contributed by atoms with van der Waals surface area (Å²) in [5, 5.41) is 13.6. The van der Waals surface area contributed by atoms with Crippen molar-refractivity contribution in [3.05, 3.63) is 34.7 Å². The number of fused-ring (bicyclic) bond motifs is 1. The summed E-state index contributed by atoms with van der Waals surface area (Å²) in [6.45, 7) is 7.53. The number of rotatable bonds is 4. The Kier molecular flexibility index (Phi) is 5.40. The van der Waals surface area contributed by atoms with Gasteiger partial charge in [0, 0.05) is 23.1 Å². The average molecular weight is 422 g/mol. The van der Waals surface area contributed by atoms with Gasteiger partial charge in [0.25, 0.3) is 0 Å². The molecule has 4 rings (SSSR count). The van der Waals surface area contributed by atoms with Crippen LogP contribution >= 0.6 is 11.6 Å². The first-order chi connectivity index (χ1) is 13.8. The molecule has 1 saturated heterocycles. The van der Waals surface area contributed by atoms with Crippen molar-refractivity contribution < 1.29 is 19.0 Å². The number of hydrogen-bond donors (Lipinski definition) is 2. The molecule has 2 aromatic rings. The quantitative estimate of drug-likeness (QED) is 0.781. The zero-order chi connectivity index (χ0) is 20.8. The second-order valence-electron chi connectivity index (χ2n) is 8.27. The fourth-order valence-electron chi connectivity index (χ4n) is 3.77. The van der Waals surface area contributed by atoms with Gasteiger partial charge in [-0.3, -0.25) is 0 Å². The molecule has 0 saturated carbocycles. The number of benzene rings is 1. The van der Waals surface area contributed by atoms with E-state index in [1.807, 2.05) is 6.07 Å². The van der Waals surface area contributed by atoms with Crippen LogP contribution in [-0.4, -0.2) is 47.0 Å². The number of ether oxygens (including phenoxy) is 2. The normalized spacial score (nSPS) is 26.3. The molecule has 3 heterocycles. The van der Waals surface area contributed by atoms with Gasteiger partial charge in [-0.05, 0) is 24.5 Å². The largest absolute Gasteiger partial charge is 0.489 e. The number of anilines is 1. The molecule has 29 heavy (non-hydrogen) atoms. The Morgan fingerprint density at radius 3 is 2.90 bits per heavy atom. The number of aromatic nitrogens is 2. The Balaban J connectivity index is 1.71. The van der Waals surface area contributed by atoms with E-state index < -0.39 is 11.9 Å². The molecule has 8 heteroatoms. The van der Waals surface area contributed by atoms with Crippen molar-refractivity contribution >= 4 is 17.5 Å². The number of nitrogens with zero attached hydrogens (tertiary/aromatic N) is 2. The van der Waals surface area contributed by atoms with E-state index in [9.17, 15) is 9.50 Å². The summed E-state index contributed by atoms with van der Waals surface area (Å²) in [6, 6.07) is 3.09. The summed E-state index contributed by atoms with van der Waals surface area (Å²) >= 11 is 6.36. The van der Waals surface area contributed by atoms with Crippen LogP contribution in [0.2, 0.25) is 5.02 Å². The third-order valence-electron chi connectivity index (χ3n) is 6.11. The predicted molar refractivity (Wildman–Crippen MR) is 109 cm³/mol. The minimum Gasteiger partial charge on any atom is -0.489 e. The third-order valence-corrected chi connectivity index (χ3v) is 6.38. The first kappa shape index (κ1) is 20.3.